The maximum absolute atomic E-state index is 8.78. The van der Waals surface area contributed by atoms with Crippen LogP contribution in [0, 0.1) is 0 Å². The highest BCUT2D eigenvalue weighted by Gasteiger charge is 2.22. The zero-order chi connectivity index (χ0) is 14.5. The van der Waals surface area contributed by atoms with Crippen molar-refractivity contribution in [2.24, 2.45) is 0 Å². The summed E-state index contributed by atoms with van der Waals surface area (Å²) in [5.74, 6) is 1.99. The van der Waals surface area contributed by atoms with Gasteiger partial charge >= 0.3 is 0 Å². The highest BCUT2D eigenvalue weighted by molar-refractivity contribution is 7.07. The van der Waals surface area contributed by atoms with Gasteiger partial charge in [0.25, 0.3) is 0 Å². The summed E-state index contributed by atoms with van der Waals surface area (Å²) in [7, 11) is 0. The van der Waals surface area contributed by atoms with Crippen molar-refractivity contribution in [2.45, 2.75) is 18.8 Å². The Hall–Kier alpha value is -1.66. The number of nitrogens with zero attached hydrogens (tertiary/aromatic N) is 3. The maximum Gasteiger partial charge on any atom is 0.234 e. The fraction of sp³-hybridized carbons (Fsp3) is 0.467. The number of rotatable bonds is 5. The van der Waals surface area contributed by atoms with Crippen LogP contribution in [0.15, 0.2) is 29.2 Å². The Kier molecular flexibility index (Phi) is 4.67. The Morgan fingerprint density at radius 2 is 2.19 bits per heavy atom. The van der Waals surface area contributed by atoms with Crippen LogP contribution in [0.2, 0.25) is 0 Å². The van der Waals surface area contributed by atoms with Crippen LogP contribution in [0.25, 0.3) is 0 Å². The molecule has 1 fully saturated rings. The number of piperidine rings is 1. The summed E-state index contributed by atoms with van der Waals surface area (Å²) in [6.07, 6.45) is 5.63. The lowest BCUT2D eigenvalue weighted by Crippen LogP contribution is -2.33. The number of hydrogen-bond donors (Lipinski definition) is 1. The van der Waals surface area contributed by atoms with E-state index < -0.39 is 0 Å². The molecule has 0 aromatic carbocycles. The second kappa shape index (κ2) is 6.87. The van der Waals surface area contributed by atoms with Crippen LogP contribution in [-0.2, 0) is 0 Å². The molecule has 0 saturated carbocycles. The van der Waals surface area contributed by atoms with Gasteiger partial charge in [-0.1, -0.05) is 0 Å². The molecule has 0 bridgehead atoms. The third-order valence-corrected chi connectivity index (χ3v) is 4.48. The number of aliphatic hydroxyl groups excluding tert-OH is 1. The van der Waals surface area contributed by atoms with Gasteiger partial charge in [0.15, 0.2) is 5.82 Å². The van der Waals surface area contributed by atoms with E-state index in [1.165, 1.54) is 5.56 Å². The average molecular weight is 305 g/mol. The molecule has 2 aromatic heterocycles. The molecule has 1 N–H and O–H groups in total. The monoisotopic (exact) mass is 305 g/mol. The lowest BCUT2D eigenvalue weighted by molar-refractivity contribution is 0.196. The number of aliphatic hydroxyl groups is 1. The molecule has 3 heterocycles. The van der Waals surface area contributed by atoms with Gasteiger partial charge < -0.3 is 14.7 Å². The minimum absolute atomic E-state index is 0.0159. The van der Waals surface area contributed by atoms with Crippen LogP contribution in [0.3, 0.4) is 0 Å². The molecule has 1 aliphatic rings. The number of hydrogen-bond acceptors (Lipinski definition) is 6. The number of ether oxygens (including phenoxy) is 1. The predicted molar refractivity (Wildman–Crippen MR) is 83.1 cm³/mol. The van der Waals surface area contributed by atoms with Crippen LogP contribution < -0.4 is 9.64 Å². The first-order valence-electron chi connectivity index (χ1n) is 7.19. The highest BCUT2D eigenvalue weighted by Crippen LogP contribution is 2.31. The van der Waals surface area contributed by atoms with E-state index in [0.717, 1.165) is 31.7 Å². The van der Waals surface area contributed by atoms with Crippen LogP contribution in [0.5, 0.6) is 5.88 Å². The lowest BCUT2D eigenvalue weighted by Gasteiger charge is -2.32. The average Bonchev–Trinajstić information content (AvgIpc) is 3.08. The molecule has 1 aliphatic heterocycles. The second-order valence-corrected chi connectivity index (χ2v) is 5.89. The maximum atomic E-state index is 8.78. The topological polar surface area (TPSA) is 58.5 Å². The van der Waals surface area contributed by atoms with Gasteiger partial charge in [-0.2, -0.15) is 16.3 Å². The van der Waals surface area contributed by atoms with E-state index in [2.05, 4.69) is 31.7 Å². The van der Waals surface area contributed by atoms with Gasteiger partial charge in [0.1, 0.15) is 6.61 Å². The van der Waals surface area contributed by atoms with Gasteiger partial charge in [-0.25, -0.2) is 0 Å². The summed E-state index contributed by atoms with van der Waals surface area (Å²) < 4.78 is 5.32. The van der Waals surface area contributed by atoms with Crippen molar-refractivity contribution in [3.63, 3.8) is 0 Å². The van der Waals surface area contributed by atoms with E-state index in [1.54, 1.807) is 23.7 Å². The molecule has 1 saturated heterocycles. The SMILES string of the molecule is OCCOc1cncc(N2CCC(c3ccsc3)CC2)n1. The van der Waals surface area contributed by atoms with E-state index in [0.29, 0.717) is 11.8 Å². The van der Waals surface area contributed by atoms with Gasteiger partial charge in [0.2, 0.25) is 5.88 Å². The molecular formula is C15H19N3O2S. The minimum atomic E-state index is -0.0159. The Morgan fingerprint density at radius 1 is 1.33 bits per heavy atom. The normalized spacial score (nSPS) is 16.1. The number of anilines is 1. The first kappa shape index (κ1) is 14.3. The lowest BCUT2D eigenvalue weighted by atomic mass is 9.91. The molecule has 112 valence electrons. The third-order valence-electron chi connectivity index (χ3n) is 3.77. The second-order valence-electron chi connectivity index (χ2n) is 5.11. The largest absolute Gasteiger partial charge is 0.474 e. The van der Waals surface area contributed by atoms with E-state index in [9.17, 15) is 0 Å². The van der Waals surface area contributed by atoms with Crippen molar-refractivity contribution in [2.75, 3.05) is 31.2 Å². The first-order chi connectivity index (χ1) is 10.4. The van der Waals surface area contributed by atoms with Crippen LogP contribution in [0.1, 0.15) is 24.3 Å². The van der Waals surface area contributed by atoms with Gasteiger partial charge in [0, 0.05) is 13.1 Å². The summed E-state index contributed by atoms with van der Waals surface area (Å²) in [5, 5.41) is 13.2. The molecule has 0 amide bonds. The van der Waals surface area contributed by atoms with Gasteiger partial charge in [-0.05, 0) is 41.1 Å². The molecule has 3 rings (SSSR count). The number of thiophene rings is 1. The van der Waals surface area contributed by atoms with Crippen molar-refractivity contribution < 1.29 is 9.84 Å². The molecule has 0 aliphatic carbocycles. The Bertz CT molecular complexity index is 554. The summed E-state index contributed by atoms with van der Waals surface area (Å²) in [4.78, 5) is 10.9. The molecule has 21 heavy (non-hydrogen) atoms. The molecule has 0 atom stereocenters. The number of aromatic nitrogens is 2. The Labute approximate surface area is 128 Å². The summed E-state index contributed by atoms with van der Waals surface area (Å²) in [5.41, 5.74) is 1.46. The molecule has 5 nitrogen and oxygen atoms in total. The van der Waals surface area contributed by atoms with Gasteiger partial charge in [-0.3, -0.25) is 4.98 Å². The zero-order valence-electron chi connectivity index (χ0n) is 11.8. The molecule has 0 unspecified atom stereocenters. The van der Waals surface area contributed by atoms with E-state index >= 15 is 0 Å². The van der Waals surface area contributed by atoms with Crippen molar-refractivity contribution in [1.82, 2.24) is 9.97 Å². The zero-order valence-corrected chi connectivity index (χ0v) is 12.6. The highest BCUT2D eigenvalue weighted by atomic mass is 32.1. The standard InChI is InChI=1S/C15H19N3O2S/c19-6-7-20-15-10-16-9-14(17-15)18-4-1-12(2-5-18)13-3-8-21-11-13/h3,8-12,19H,1-2,4-7H2. The molecule has 0 radical (unpaired) electrons. The molecule has 6 heteroatoms. The van der Waals surface area contributed by atoms with Crippen LogP contribution in [-0.4, -0.2) is 41.4 Å². The van der Waals surface area contributed by atoms with E-state index in [1.807, 2.05) is 0 Å². The van der Waals surface area contributed by atoms with Crippen LogP contribution >= 0.6 is 11.3 Å². The van der Waals surface area contributed by atoms with Crippen molar-refractivity contribution in [3.05, 3.63) is 34.8 Å². The third kappa shape index (κ3) is 3.51. The van der Waals surface area contributed by atoms with Gasteiger partial charge in [-0.15, -0.1) is 0 Å². The van der Waals surface area contributed by atoms with E-state index in [4.69, 9.17) is 9.84 Å². The molecular weight excluding hydrogens is 286 g/mol. The predicted octanol–water partition coefficient (Wildman–Crippen LogP) is 2.29. The fourth-order valence-electron chi connectivity index (χ4n) is 2.66. The van der Waals surface area contributed by atoms with Crippen molar-refractivity contribution in [3.8, 4) is 5.88 Å². The summed E-state index contributed by atoms with van der Waals surface area (Å²) in [6.45, 7) is 2.20. The summed E-state index contributed by atoms with van der Waals surface area (Å²) in [6, 6.07) is 2.23. The van der Waals surface area contributed by atoms with Crippen LogP contribution in [0.4, 0.5) is 5.82 Å². The molecule has 2 aromatic rings. The van der Waals surface area contributed by atoms with Crippen molar-refractivity contribution >= 4 is 17.2 Å². The molecule has 0 spiro atoms. The van der Waals surface area contributed by atoms with Crippen molar-refractivity contribution in [1.29, 1.82) is 0 Å². The quantitative estimate of drug-likeness (QED) is 0.918. The van der Waals surface area contributed by atoms with Gasteiger partial charge in [0.05, 0.1) is 19.0 Å². The first-order valence-corrected chi connectivity index (χ1v) is 8.14. The smallest absolute Gasteiger partial charge is 0.234 e. The Balaban J connectivity index is 1.61. The fourth-order valence-corrected chi connectivity index (χ4v) is 3.40. The summed E-state index contributed by atoms with van der Waals surface area (Å²) >= 11 is 1.77. The minimum Gasteiger partial charge on any atom is -0.474 e. The van der Waals surface area contributed by atoms with E-state index in [-0.39, 0.29) is 13.2 Å². The Morgan fingerprint density at radius 3 is 2.90 bits per heavy atom.